The number of thiophene rings is 1. The van der Waals surface area contributed by atoms with Gasteiger partial charge in [-0.25, -0.2) is 4.98 Å². The standard InChI is InChI=1S/C13H14N4S/c1-17-13(15-8-16-17)6-11(14)10-7-18-12-5-3-2-4-9(10)12/h2-5,7-8,11H,6,14H2,1H3. The summed E-state index contributed by atoms with van der Waals surface area (Å²) in [7, 11) is 1.89. The van der Waals surface area contributed by atoms with Gasteiger partial charge in [-0.3, -0.25) is 4.68 Å². The monoisotopic (exact) mass is 258 g/mol. The van der Waals surface area contributed by atoms with Crippen molar-refractivity contribution in [3.63, 3.8) is 0 Å². The minimum Gasteiger partial charge on any atom is -0.324 e. The summed E-state index contributed by atoms with van der Waals surface area (Å²) in [6.45, 7) is 0. The number of nitrogens with zero attached hydrogens (tertiary/aromatic N) is 3. The summed E-state index contributed by atoms with van der Waals surface area (Å²) in [5.41, 5.74) is 7.48. The summed E-state index contributed by atoms with van der Waals surface area (Å²) < 4.78 is 3.05. The third-order valence-corrected chi connectivity index (χ3v) is 4.10. The van der Waals surface area contributed by atoms with Gasteiger partial charge >= 0.3 is 0 Å². The van der Waals surface area contributed by atoms with E-state index >= 15 is 0 Å². The summed E-state index contributed by atoms with van der Waals surface area (Å²) >= 11 is 1.74. The molecule has 3 rings (SSSR count). The van der Waals surface area contributed by atoms with Gasteiger partial charge in [-0.05, 0) is 22.4 Å². The number of nitrogens with two attached hydrogens (primary N) is 1. The molecule has 0 saturated heterocycles. The zero-order valence-electron chi connectivity index (χ0n) is 10.1. The Morgan fingerprint density at radius 2 is 2.22 bits per heavy atom. The highest BCUT2D eigenvalue weighted by molar-refractivity contribution is 7.17. The van der Waals surface area contributed by atoms with Crippen molar-refractivity contribution < 1.29 is 0 Å². The smallest absolute Gasteiger partial charge is 0.138 e. The molecule has 1 atom stereocenters. The van der Waals surface area contributed by atoms with Gasteiger partial charge in [0.05, 0.1) is 0 Å². The zero-order valence-corrected chi connectivity index (χ0v) is 10.9. The van der Waals surface area contributed by atoms with Gasteiger partial charge in [0.25, 0.3) is 0 Å². The summed E-state index contributed by atoms with van der Waals surface area (Å²) in [5.74, 6) is 0.915. The molecule has 0 aliphatic rings. The van der Waals surface area contributed by atoms with Crippen LogP contribution in [0.25, 0.3) is 10.1 Å². The fourth-order valence-corrected chi connectivity index (χ4v) is 3.12. The van der Waals surface area contributed by atoms with Gasteiger partial charge in [0.1, 0.15) is 12.2 Å². The SMILES string of the molecule is Cn1ncnc1CC(N)c1csc2ccccc12. The molecule has 2 heterocycles. The largest absolute Gasteiger partial charge is 0.324 e. The highest BCUT2D eigenvalue weighted by Gasteiger charge is 2.14. The minimum atomic E-state index is -0.0379. The summed E-state index contributed by atoms with van der Waals surface area (Å²) in [6, 6.07) is 8.31. The second-order valence-corrected chi connectivity index (χ2v) is 5.21. The van der Waals surface area contributed by atoms with Gasteiger partial charge in [-0.1, -0.05) is 18.2 Å². The quantitative estimate of drug-likeness (QED) is 0.784. The lowest BCUT2D eigenvalue weighted by atomic mass is 10.0. The van der Waals surface area contributed by atoms with Crippen LogP contribution in [0.5, 0.6) is 0 Å². The Kier molecular flexibility index (Phi) is 2.85. The maximum absolute atomic E-state index is 6.29. The highest BCUT2D eigenvalue weighted by Crippen LogP contribution is 2.30. The molecule has 4 nitrogen and oxygen atoms in total. The molecule has 0 aliphatic carbocycles. The molecule has 0 bridgehead atoms. The second-order valence-electron chi connectivity index (χ2n) is 4.30. The van der Waals surface area contributed by atoms with Crippen LogP contribution < -0.4 is 5.73 Å². The molecule has 92 valence electrons. The normalized spacial score (nSPS) is 13.0. The first-order chi connectivity index (χ1) is 8.75. The van der Waals surface area contributed by atoms with E-state index in [1.807, 2.05) is 13.1 Å². The van der Waals surface area contributed by atoms with E-state index in [4.69, 9.17) is 5.73 Å². The second kappa shape index (κ2) is 4.51. The van der Waals surface area contributed by atoms with Crippen LogP contribution in [0, 0.1) is 0 Å². The van der Waals surface area contributed by atoms with Gasteiger partial charge in [-0.15, -0.1) is 11.3 Å². The lowest BCUT2D eigenvalue weighted by Gasteiger charge is -2.10. The topological polar surface area (TPSA) is 56.7 Å². The molecule has 5 heteroatoms. The molecule has 1 aromatic carbocycles. The summed E-state index contributed by atoms with van der Waals surface area (Å²) in [5, 5.41) is 7.46. The van der Waals surface area contributed by atoms with E-state index in [9.17, 15) is 0 Å². The van der Waals surface area contributed by atoms with E-state index in [0.717, 1.165) is 5.82 Å². The van der Waals surface area contributed by atoms with Crippen molar-refractivity contribution in [2.24, 2.45) is 12.8 Å². The van der Waals surface area contributed by atoms with Crippen molar-refractivity contribution in [2.75, 3.05) is 0 Å². The lowest BCUT2D eigenvalue weighted by Crippen LogP contribution is -2.15. The fourth-order valence-electron chi connectivity index (χ4n) is 2.10. The number of hydrogen-bond donors (Lipinski definition) is 1. The third-order valence-electron chi connectivity index (χ3n) is 3.12. The highest BCUT2D eigenvalue weighted by atomic mass is 32.1. The first-order valence-electron chi connectivity index (χ1n) is 5.80. The molecule has 0 radical (unpaired) electrons. The van der Waals surface area contributed by atoms with Crippen LogP contribution in [0.4, 0.5) is 0 Å². The van der Waals surface area contributed by atoms with Crippen LogP contribution in [-0.4, -0.2) is 14.8 Å². The first-order valence-corrected chi connectivity index (χ1v) is 6.68. The Balaban J connectivity index is 1.93. The Bertz CT molecular complexity index is 670. The number of benzene rings is 1. The van der Waals surface area contributed by atoms with Crippen molar-refractivity contribution in [1.29, 1.82) is 0 Å². The lowest BCUT2D eigenvalue weighted by molar-refractivity contribution is 0.633. The molecular weight excluding hydrogens is 244 g/mol. The molecule has 18 heavy (non-hydrogen) atoms. The third kappa shape index (κ3) is 1.91. The average molecular weight is 258 g/mol. The number of fused-ring (bicyclic) bond motifs is 1. The number of hydrogen-bond acceptors (Lipinski definition) is 4. The molecule has 1 unspecified atom stereocenters. The van der Waals surface area contributed by atoms with Gasteiger partial charge in [-0.2, -0.15) is 5.10 Å². The molecule has 0 amide bonds. The zero-order chi connectivity index (χ0) is 12.5. The number of aryl methyl sites for hydroxylation is 1. The maximum Gasteiger partial charge on any atom is 0.138 e. The average Bonchev–Trinajstić information content (AvgIpc) is 2.96. The van der Waals surface area contributed by atoms with E-state index in [1.54, 1.807) is 22.3 Å². The predicted octanol–water partition coefficient (Wildman–Crippen LogP) is 2.27. The molecular formula is C13H14N4S. The number of aromatic nitrogens is 3. The Morgan fingerprint density at radius 3 is 3.00 bits per heavy atom. The van der Waals surface area contributed by atoms with Gasteiger partial charge in [0.15, 0.2) is 0 Å². The first kappa shape index (κ1) is 11.4. The molecule has 0 fully saturated rings. The molecule has 0 saturated carbocycles. The van der Waals surface area contributed by atoms with Crippen LogP contribution in [-0.2, 0) is 13.5 Å². The Hall–Kier alpha value is -1.72. The van der Waals surface area contributed by atoms with Crippen LogP contribution in [0.1, 0.15) is 17.4 Å². The van der Waals surface area contributed by atoms with Crippen molar-refractivity contribution in [3.05, 3.63) is 47.4 Å². The Morgan fingerprint density at radius 1 is 1.39 bits per heavy atom. The molecule has 0 aliphatic heterocycles. The fraction of sp³-hybridized carbons (Fsp3) is 0.231. The van der Waals surface area contributed by atoms with Crippen LogP contribution in [0.3, 0.4) is 0 Å². The molecule has 2 N–H and O–H groups in total. The van der Waals surface area contributed by atoms with Crippen LogP contribution in [0.15, 0.2) is 36.0 Å². The van der Waals surface area contributed by atoms with E-state index < -0.39 is 0 Å². The van der Waals surface area contributed by atoms with Crippen molar-refractivity contribution >= 4 is 21.4 Å². The van der Waals surface area contributed by atoms with Gasteiger partial charge in [0, 0.05) is 24.2 Å². The van der Waals surface area contributed by atoms with Gasteiger partial charge < -0.3 is 5.73 Å². The van der Waals surface area contributed by atoms with Crippen molar-refractivity contribution in [3.8, 4) is 0 Å². The molecule has 3 aromatic rings. The summed E-state index contributed by atoms with van der Waals surface area (Å²) in [4.78, 5) is 4.22. The molecule has 2 aromatic heterocycles. The Labute approximate surface area is 109 Å². The van der Waals surface area contributed by atoms with Crippen molar-refractivity contribution in [2.45, 2.75) is 12.5 Å². The molecule has 0 spiro atoms. The number of rotatable bonds is 3. The van der Waals surface area contributed by atoms with Crippen LogP contribution in [0.2, 0.25) is 0 Å². The van der Waals surface area contributed by atoms with Crippen LogP contribution >= 0.6 is 11.3 Å². The summed E-state index contributed by atoms with van der Waals surface area (Å²) in [6.07, 6.45) is 2.27. The van der Waals surface area contributed by atoms with E-state index in [2.05, 4.69) is 33.7 Å². The minimum absolute atomic E-state index is 0.0379. The van der Waals surface area contributed by atoms with Gasteiger partial charge in [0.2, 0.25) is 0 Å². The van der Waals surface area contributed by atoms with E-state index in [1.165, 1.54) is 15.6 Å². The van der Waals surface area contributed by atoms with Crippen molar-refractivity contribution in [1.82, 2.24) is 14.8 Å². The maximum atomic E-state index is 6.29. The van der Waals surface area contributed by atoms with E-state index in [-0.39, 0.29) is 6.04 Å². The van der Waals surface area contributed by atoms with E-state index in [0.29, 0.717) is 6.42 Å². The predicted molar refractivity (Wildman–Crippen MR) is 73.5 cm³/mol.